The second kappa shape index (κ2) is 8.68. The van der Waals surface area contributed by atoms with Crippen LogP contribution in [0.3, 0.4) is 0 Å². The van der Waals surface area contributed by atoms with Gasteiger partial charge in [0, 0.05) is 27.4 Å². The van der Waals surface area contributed by atoms with Crippen LogP contribution < -0.4 is 15.3 Å². The lowest BCUT2D eigenvalue weighted by molar-refractivity contribution is 0.0990. The number of halogens is 1. The smallest absolute Gasteiger partial charge is 0.197 e. The summed E-state index contributed by atoms with van der Waals surface area (Å²) in [5.74, 6) is -0.701. The van der Waals surface area contributed by atoms with Gasteiger partial charge in [-0.1, -0.05) is 61.4 Å². The van der Waals surface area contributed by atoms with Gasteiger partial charge in [-0.25, -0.2) is 4.39 Å². The van der Waals surface area contributed by atoms with E-state index in [1.807, 2.05) is 54.6 Å². The summed E-state index contributed by atoms with van der Waals surface area (Å²) in [6, 6.07) is 31.7. The first-order valence-corrected chi connectivity index (χ1v) is 16.9. The van der Waals surface area contributed by atoms with Gasteiger partial charge in [-0.05, 0) is 81.8 Å². The van der Waals surface area contributed by atoms with E-state index >= 15 is 0 Å². The molecule has 6 heteroatoms. The monoisotopic (exact) mass is 557 g/mol. The van der Waals surface area contributed by atoms with Gasteiger partial charge in [0.1, 0.15) is 18.9 Å². The molecule has 8 rings (SSSR count). The van der Waals surface area contributed by atoms with Gasteiger partial charge < -0.3 is 4.90 Å². The van der Waals surface area contributed by atoms with Crippen LogP contribution in [0, 0.1) is 5.82 Å². The second-order valence-electron chi connectivity index (χ2n) is 10.9. The van der Waals surface area contributed by atoms with Gasteiger partial charge in [0.25, 0.3) is 0 Å². The Morgan fingerprint density at radius 3 is 2.10 bits per heavy atom. The zero-order valence-corrected chi connectivity index (χ0v) is 23.4. The van der Waals surface area contributed by atoms with Gasteiger partial charge >= 0.3 is 0 Å². The molecule has 4 aromatic carbocycles. The van der Waals surface area contributed by atoms with Crippen molar-refractivity contribution in [1.82, 2.24) is 0 Å². The number of Topliss-reactive ketones (excluding diaryl/α,β-unsaturated/α-hetero) is 2. The third-order valence-corrected chi connectivity index (χ3v) is 15.2. The third-order valence-electron chi connectivity index (χ3n) is 8.82. The van der Waals surface area contributed by atoms with Crippen molar-refractivity contribution < 1.29 is 14.0 Å². The molecule has 1 saturated heterocycles. The number of ketones is 2. The van der Waals surface area contributed by atoms with Crippen LogP contribution in [0.2, 0.25) is 12.1 Å². The maximum atomic E-state index is 14.7. The number of nitrogens with zero attached hydrogens (tertiary/aromatic N) is 1. The van der Waals surface area contributed by atoms with Crippen LogP contribution in [0.5, 0.6) is 0 Å². The van der Waals surface area contributed by atoms with E-state index in [2.05, 4.69) is 29.2 Å². The van der Waals surface area contributed by atoms with Crippen LogP contribution in [0.4, 0.5) is 20.8 Å². The molecule has 1 spiro atoms. The van der Waals surface area contributed by atoms with Gasteiger partial charge in [-0.3, -0.25) is 9.59 Å². The van der Waals surface area contributed by atoms with Crippen molar-refractivity contribution >= 4 is 74.6 Å². The maximum absolute atomic E-state index is 14.7. The van der Waals surface area contributed by atoms with Crippen LogP contribution in [0.15, 0.2) is 96.6 Å². The standard InChI is InChI=1S/C34H24FNO2SSi/c35-23-11-13-31-29(19-23)36(28-9-3-4-10-30(28)40(31)15-5-6-16-40)32-14-12-24(39-32)20-27-33(37)25-17-21-7-1-2-8-22(21)18-26(25)34(27)38/h1-4,7-14,17-20H,5-6,15-16H2. The fourth-order valence-corrected chi connectivity index (χ4v) is 13.5. The molecular weight excluding hydrogens is 534 g/mol. The van der Waals surface area contributed by atoms with Crippen molar-refractivity contribution in [1.29, 1.82) is 0 Å². The molecule has 3 aliphatic rings. The Morgan fingerprint density at radius 2 is 1.38 bits per heavy atom. The third kappa shape index (κ3) is 3.33. The van der Waals surface area contributed by atoms with Crippen LogP contribution in [-0.2, 0) is 0 Å². The van der Waals surface area contributed by atoms with Crippen molar-refractivity contribution in [2.45, 2.75) is 24.9 Å². The number of hydrogen-bond acceptors (Lipinski definition) is 4. The summed E-state index contributed by atoms with van der Waals surface area (Å²) in [6.07, 6.45) is 4.15. The van der Waals surface area contributed by atoms with E-state index in [9.17, 15) is 14.0 Å². The Labute approximate surface area is 236 Å². The molecule has 40 heavy (non-hydrogen) atoms. The fourth-order valence-electron chi connectivity index (χ4n) is 7.02. The van der Waals surface area contributed by atoms with Crippen molar-refractivity contribution in [2.24, 2.45) is 0 Å². The minimum atomic E-state index is -1.96. The fraction of sp³-hybridized carbons (Fsp3) is 0.118. The SMILES string of the molecule is O=C1C(=Cc2ccc(N3c4ccccc4[Si]4(CCCC4)c4ccc(F)cc43)s2)C(=O)c2cc3ccccc3cc21. The Hall–Kier alpha value is -4.13. The normalized spacial score (nSPS) is 16.9. The highest BCUT2D eigenvalue weighted by molar-refractivity contribution is 7.17. The van der Waals surface area contributed by atoms with E-state index in [4.69, 9.17) is 0 Å². The van der Waals surface area contributed by atoms with Gasteiger partial charge in [0.15, 0.2) is 11.6 Å². The molecule has 1 fully saturated rings. The molecule has 2 aliphatic heterocycles. The molecule has 3 heterocycles. The van der Waals surface area contributed by atoms with E-state index in [1.54, 1.807) is 18.2 Å². The highest BCUT2D eigenvalue weighted by atomic mass is 32.1. The molecule has 0 bridgehead atoms. The largest absolute Gasteiger partial charge is 0.302 e. The summed E-state index contributed by atoms with van der Waals surface area (Å²) in [5.41, 5.74) is 3.19. The number of fused-ring (bicyclic) bond motifs is 6. The molecule has 0 radical (unpaired) electrons. The van der Waals surface area contributed by atoms with E-state index in [0.717, 1.165) is 32.0 Å². The quantitative estimate of drug-likeness (QED) is 0.127. The van der Waals surface area contributed by atoms with Gasteiger partial charge in [0.2, 0.25) is 0 Å². The highest BCUT2D eigenvalue weighted by Crippen LogP contribution is 2.46. The molecule has 194 valence electrons. The van der Waals surface area contributed by atoms with E-state index in [0.29, 0.717) is 11.1 Å². The zero-order valence-electron chi connectivity index (χ0n) is 21.6. The molecule has 5 aromatic rings. The molecule has 3 nitrogen and oxygen atoms in total. The zero-order chi connectivity index (χ0) is 27.0. The molecule has 0 unspecified atom stereocenters. The Bertz CT molecular complexity index is 1880. The minimum Gasteiger partial charge on any atom is -0.302 e. The summed E-state index contributed by atoms with van der Waals surface area (Å²) in [5, 5.41) is 5.56. The maximum Gasteiger partial charge on any atom is 0.197 e. The Balaban J connectivity index is 1.23. The van der Waals surface area contributed by atoms with Crippen molar-refractivity contribution in [2.75, 3.05) is 4.90 Å². The number of benzene rings is 4. The lowest BCUT2D eigenvalue weighted by Gasteiger charge is -2.42. The molecule has 0 saturated carbocycles. The average molecular weight is 558 g/mol. The predicted molar refractivity (Wildman–Crippen MR) is 163 cm³/mol. The lowest BCUT2D eigenvalue weighted by Crippen LogP contribution is -2.60. The highest BCUT2D eigenvalue weighted by Gasteiger charge is 2.47. The van der Waals surface area contributed by atoms with Crippen molar-refractivity contribution in [3.05, 3.63) is 118 Å². The first-order chi connectivity index (χ1) is 19.5. The number of carbonyl (C=O) groups is 2. The Morgan fingerprint density at radius 1 is 0.725 bits per heavy atom. The van der Waals surface area contributed by atoms with Crippen LogP contribution >= 0.6 is 11.3 Å². The average Bonchev–Trinajstić information content (AvgIpc) is 3.70. The van der Waals surface area contributed by atoms with E-state index in [-0.39, 0.29) is 23.0 Å². The number of carbonyl (C=O) groups excluding carboxylic acids is 2. The molecule has 0 N–H and O–H groups in total. The van der Waals surface area contributed by atoms with Crippen molar-refractivity contribution in [3.8, 4) is 0 Å². The number of thiophene rings is 1. The number of anilines is 3. The number of rotatable bonds is 2. The van der Waals surface area contributed by atoms with Crippen molar-refractivity contribution in [3.63, 3.8) is 0 Å². The van der Waals surface area contributed by atoms with E-state index < -0.39 is 8.07 Å². The van der Waals surface area contributed by atoms with Crippen LogP contribution in [0.1, 0.15) is 38.4 Å². The topological polar surface area (TPSA) is 37.4 Å². The minimum absolute atomic E-state index is 0.196. The number of allylic oxidation sites excluding steroid dienone is 1. The second-order valence-corrected chi connectivity index (χ2v) is 16.3. The van der Waals surface area contributed by atoms with Gasteiger partial charge in [-0.15, -0.1) is 11.3 Å². The first-order valence-electron chi connectivity index (χ1n) is 13.7. The van der Waals surface area contributed by atoms with E-state index in [1.165, 1.54) is 46.6 Å². The Kier molecular flexibility index (Phi) is 5.15. The first kappa shape index (κ1) is 23.7. The summed E-state index contributed by atoms with van der Waals surface area (Å²) < 4.78 is 14.7. The molecule has 1 aromatic heterocycles. The molecular formula is C34H24FNO2SSi. The summed E-state index contributed by atoms with van der Waals surface area (Å²) >= 11 is 1.51. The van der Waals surface area contributed by atoms with Gasteiger partial charge in [-0.2, -0.15) is 0 Å². The molecule has 0 amide bonds. The van der Waals surface area contributed by atoms with Crippen LogP contribution in [-0.4, -0.2) is 19.6 Å². The lowest BCUT2D eigenvalue weighted by atomic mass is 10.0. The summed E-state index contributed by atoms with van der Waals surface area (Å²) in [4.78, 5) is 29.7. The van der Waals surface area contributed by atoms with Crippen LogP contribution in [0.25, 0.3) is 16.8 Å². The number of hydrogen-bond donors (Lipinski definition) is 0. The molecule has 1 aliphatic carbocycles. The van der Waals surface area contributed by atoms with Gasteiger partial charge in [0.05, 0.1) is 5.57 Å². The summed E-state index contributed by atoms with van der Waals surface area (Å²) in [7, 11) is -1.96. The molecule has 0 atom stereocenters. The predicted octanol–water partition coefficient (Wildman–Crippen LogP) is 7.64. The number of para-hydroxylation sites is 1. The summed E-state index contributed by atoms with van der Waals surface area (Å²) in [6.45, 7) is 0.